The number of benzene rings is 2. The van der Waals surface area contributed by atoms with Crippen molar-refractivity contribution in [3.8, 4) is 5.75 Å². The molecule has 202 valence electrons. The molecule has 0 saturated carbocycles. The minimum absolute atomic E-state index is 0.155. The predicted molar refractivity (Wildman–Crippen MR) is 155 cm³/mol. The normalized spacial score (nSPS) is 12.7. The zero-order valence-electron chi connectivity index (χ0n) is 22.8. The van der Waals surface area contributed by atoms with E-state index in [2.05, 4.69) is 88.0 Å². The molecule has 5 rings (SSSR count). The number of aromatic amines is 1. The Morgan fingerprint density at radius 3 is 2.64 bits per heavy atom. The number of ether oxygens (including phenoxy) is 1. The molecular formula is C30H34N6O2S. The summed E-state index contributed by atoms with van der Waals surface area (Å²) >= 11 is 1.71. The number of methoxy groups -OCH3 is 1. The fraction of sp³-hybridized carbons (Fsp3) is 0.333. The van der Waals surface area contributed by atoms with Gasteiger partial charge in [-0.1, -0.05) is 43.3 Å². The number of H-pyrrole nitrogens is 1. The fourth-order valence-corrected chi connectivity index (χ4v) is 5.53. The molecule has 39 heavy (non-hydrogen) atoms. The van der Waals surface area contributed by atoms with E-state index in [0.29, 0.717) is 24.5 Å². The first-order chi connectivity index (χ1) is 18.9. The molecule has 0 radical (unpaired) electrons. The lowest BCUT2D eigenvalue weighted by Crippen LogP contribution is -2.39. The summed E-state index contributed by atoms with van der Waals surface area (Å²) in [6.07, 6.45) is 1.65. The Kier molecular flexibility index (Phi) is 7.90. The minimum atomic E-state index is -0.476. The highest BCUT2D eigenvalue weighted by Gasteiger charge is 2.34. The molecular weight excluding hydrogens is 508 g/mol. The van der Waals surface area contributed by atoms with Gasteiger partial charge in [0, 0.05) is 34.4 Å². The number of aromatic nitrogens is 5. The molecule has 0 unspecified atom stereocenters. The maximum Gasteiger partial charge on any atom is 0.253 e. The lowest BCUT2D eigenvalue weighted by molar-refractivity contribution is 0.191. The predicted octanol–water partition coefficient (Wildman–Crippen LogP) is 5.56. The van der Waals surface area contributed by atoms with Crippen molar-refractivity contribution < 1.29 is 4.74 Å². The zero-order valence-corrected chi connectivity index (χ0v) is 23.6. The van der Waals surface area contributed by atoms with Gasteiger partial charge in [0.05, 0.1) is 12.6 Å². The van der Waals surface area contributed by atoms with E-state index < -0.39 is 6.04 Å². The second kappa shape index (κ2) is 11.5. The van der Waals surface area contributed by atoms with Gasteiger partial charge in [0.15, 0.2) is 5.82 Å². The molecule has 0 amide bonds. The molecule has 0 aliphatic carbocycles. The number of nitrogens with one attached hydrogen (secondary N) is 1. The largest absolute Gasteiger partial charge is 0.497 e. The molecule has 0 spiro atoms. The first kappa shape index (κ1) is 26.8. The van der Waals surface area contributed by atoms with E-state index in [9.17, 15) is 4.79 Å². The summed E-state index contributed by atoms with van der Waals surface area (Å²) in [7, 11) is 1.64. The quantitative estimate of drug-likeness (QED) is 0.235. The number of rotatable bonds is 11. The highest BCUT2D eigenvalue weighted by atomic mass is 32.1. The van der Waals surface area contributed by atoms with E-state index in [4.69, 9.17) is 4.74 Å². The van der Waals surface area contributed by atoms with E-state index in [1.165, 1.54) is 10.4 Å². The van der Waals surface area contributed by atoms with Gasteiger partial charge in [-0.2, -0.15) is 0 Å². The number of thiophene rings is 1. The minimum Gasteiger partial charge on any atom is -0.497 e. The molecule has 1 N–H and O–H groups in total. The third-order valence-corrected chi connectivity index (χ3v) is 8.25. The highest BCUT2D eigenvalue weighted by molar-refractivity contribution is 7.09. The Morgan fingerprint density at radius 1 is 1.10 bits per heavy atom. The third-order valence-electron chi connectivity index (χ3n) is 7.39. The summed E-state index contributed by atoms with van der Waals surface area (Å²) in [6.45, 7) is 7.72. The molecule has 0 aliphatic heterocycles. The number of tetrazole rings is 1. The first-order valence-corrected chi connectivity index (χ1v) is 14.1. The summed E-state index contributed by atoms with van der Waals surface area (Å²) in [4.78, 5) is 20.4. The molecule has 0 aliphatic rings. The number of nitrogens with zero attached hydrogens (tertiary/aromatic N) is 5. The van der Waals surface area contributed by atoms with Gasteiger partial charge >= 0.3 is 0 Å². The van der Waals surface area contributed by atoms with Crippen molar-refractivity contribution in [1.29, 1.82) is 0 Å². The Balaban J connectivity index is 1.69. The van der Waals surface area contributed by atoms with Crippen molar-refractivity contribution >= 4 is 22.2 Å². The standard InChI is InChI=1S/C30H34N6O2S/c1-5-30(2,3)36-28(32-33-34-36)27(25-19-22-18-23(38-4)13-14-26(22)31-29(25)37)35(20-24-12-9-17-39-24)16-15-21-10-7-6-8-11-21/h6-14,17-19,27H,5,15-16,20H2,1-4H3,(H,31,37)/t27-/m1/s1. The summed E-state index contributed by atoms with van der Waals surface area (Å²) in [5.41, 5.74) is 2.10. The molecule has 1 atom stereocenters. The van der Waals surface area contributed by atoms with Crippen molar-refractivity contribution in [2.24, 2.45) is 0 Å². The van der Waals surface area contributed by atoms with E-state index in [1.807, 2.05) is 35.0 Å². The second-order valence-electron chi connectivity index (χ2n) is 10.3. The molecule has 0 fully saturated rings. The monoisotopic (exact) mass is 542 g/mol. The van der Waals surface area contributed by atoms with Gasteiger partial charge in [-0.05, 0) is 78.4 Å². The van der Waals surface area contributed by atoms with Crippen molar-refractivity contribution in [3.05, 3.63) is 104 Å². The Labute approximate surface area is 232 Å². The molecule has 3 aromatic heterocycles. The molecule has 9 heteroatoms. The van der Waals surface area contributed by atoms with Gasteiger partial charge in [-0.15, -0.1) is 16.4 Å². The lowest BCUT2D eigenvalue weighted by atomic mass is 9.98. The van der Waals surface area contributed by atoms with Crippen LogP contribution in [0.15, 0.2) is 76.9 Å². The molecule has 2 aromatic carbocycles. The molecule has 3 heterocycles. The summed E-state index contributed by atoms with van der Waals surface area (Å²) in [5.74, 6) is 1.38. The van der Waals surface area contributed by atoms with E-state index in [0.717, 1.165) is 29.5 Å². The number of pyridine rings is 1. The topological polar surface area (TPSA) is 88.9 Å². The third kappa shape index (κ3) is 5.79. The van der Waals surface area contributed by atoms with Crippen LogP contribution in [-0.2, 0) is 18.5 Å². The molecule has 0 bridgehead atoms. The van der Waals surface area contributed by atoms with Crippen molar-refractivity contribution in [3.63, 3.8) is 0 Å². The molecule has 5 aromatic rings. The van der Waals surface area contributed by atoms with Crippen LogP contribution < -0.4 is 10.3 Å². The van der Waals surface area contributed by atoms with Gasteiger partial charge in [-0.25, -0.2) is 4.68 Å². The van der Waals surface area contributed by atoms with Crippen LogP contribution in [0.4, 0.5) is 0 Å². The highest BCUT2D eigenvalue weighted by Crippen LogP contribution is 2.33. The van der Waals surface area contributed by atoms with Crippen molar-refractivity contribution in [1.82, 2.24) is 30.1 Å². The van der Waals surface area contributed by atoms with Gasteiger partial charge < -0.3 is 9.72 Å². The first-order valence-electron chi connectivity index (χ1n) is 13.2. The zero-order chi connectivity index (χ0) is 27.4. The van der Waals surface area contributed by atoms with Crippen molar-refractivity contribution in [2.75, 3.05) is 13.7 Å². The average Bonchev–Trinajstić information content (AvgIpc) is 3.65. The molecule has 8 nitrogen and oxygen atoms in total. The van der Waals surface area contributed by atoms with E-state index >= 15 is 0 Å². The Hall–Kier alpha value is -3.82. The summed E-state index contributed by atoms with van der Waals surface area (Å²) in [6, 6.07) is 21.8. The van der Waals surface area contributed by atoms with Crippen LogP contribution >= 0.6 is 11.3 Å². The maximum atomic E-state index is 13.7. The Bertz CT molecular complexity index is 1580. The lowest BCUT2D eigenvalue weighted by Gasteiger charge is -2.33. The maximum absolute atomic E-state index is 13.7. The summed E-state index contributed by atoms with van der Waals surface area (Å²) in [5, 5.41) is 16.1. The van der Waals surface area contributed by atoms with Crippen LogP contribution in [0.1, 0.15) is 55.1 Å². The fourth-order valence-electron chi connectivity index (χ4n) is 4.80. The van der Waals surface area contributed by atoms with Gasteiger partial charge in [0.2, 0.25) is 0 Å². The average molecular weight is 543 g/mol. The Morgan fingerprint density at radius 2 is 1.92 bits per heavy atom. The second-order valence-corrected chi connectivity index (χ2v) is 11.3. The number of hydrogen-bond acceptors (Lipinski definition) is 7. The van der Waals surface area contributed by atoms with Gasteiger partial charge in [-0.3, -0.25) is 9.69 Å². The summed E-state index contributed by atoms with van der Waals surface area (Å²) < 4.78 is 7.36. The number of fused-ring (bicyclic) bond motifs is 1. The molecule has 0 saturated heterocycles. The van der Waals surface area contributed by atoms with Crippen LogP contribution in [0.2, 0.25) is 0 Å². The van der Waals surface area contributed by atoms with Gasteiger partial charge in [0.25, 0.3) is 5.56 Å². The van der Waals surface area contributed by atoms with E-state index in [-0.39, 0.29) is 11.1 Å². The van der Waals surface area contributed by atoms with Crippen LogP contribution in [0, 0.1) is 0 Å². The van der Waals surface area contributed by atoms with Crippen molar-refractivity contribution in [2.45, 2.75) is 51.7 Å². The smallest absolute Gasteiger partial charge is 0.253 e. The van der Waals surface area contributed by atoms with E-state index in [1.54, 1.807) is 18.4 Å². The van der Waals surface area contributed by atoms with Crippen LogP contribution in [0.5, 0.6) is 5.75 Å². The number of hydrogen-bond donors (Lipinski definition) is 1. The van der Waals surface area contributed by atoms with Crippen LogP contribution in [0.3, 0.4) is 0 Å². The van der Waals surface area contributed by atoms with Crippen LogP contribution in [-0.4, -0.2) is 43.7 Å². The van der Waals surface area contributed by atoms with Crippen LogP contribution in [0.25, 0.3) is 10.9 Å². The SMILES string of the molecule is CCC(C)(C)n1nnnc1[C@@H](c1cc2cc(OC)ccc2[nH]c1=O)N(CCc1ccccc1)Cc1cccs1. The van der Waals surface area contributed by atoms with Gasteiger partial charge in [0.1, 0.15) is 11.8 Å².